The van der Waals surface area contributed by atoms with Crippen molar-refractivity contribution in [3.8, 4) is 56.7 Å². The van der Waals surface area contributed by atoms with Crippen LogP contribution < -0.4 is 0 Å². The number of rotatable bonds is 5. The van der Waals surface area contributed by atoms with Gasteiger partial charge in [-0.25, -0.2) is 15.0 Å². The molecule has 0 saturated heterocycles. The molecule has 0 radical (unpaired) electrons. The second-order valence-corrected chi connectivity index (χ2v) is 16.0. The van der Waals surface area contributed by atoms with Crippen molar-refractivity contribution in [2.75, 3.05) is 0 Å². The third-order valence-electron chi connectivity index (χ3n) is 12.3. The molecule has 3 heterocycles. The molecule has 0 N–H and O–H groups in total. The first-order chi connectivity index (χ1) is 29.0. The normalized spacial score (nSPS) is 13.1. The first-order valence-corrected chi connectivity index (χ1v) is 20.2. The molecule has 0 bridgehead atoms. The van der Waals surface area contributed by atoms with Gasteiger partial charge in [-0.15, -0.1) is 0 Å². The van der Waals surface area contributed by atoms with Gasteiger partial charge in [0.05, 0.1) is 22.1 Å². The Balaban J connectivity index is 1.01. The molecule has 0 spiro atoms. The quantitative estimate of drug-likeness (QED) is 0.176. The smallest absolute Gasteiger partial charge is 0.164 e. The van der Waals surface area contributed by atoms with Gasteiger partial charge in [-0.05, 0) is 76.9 Å². The predicted molar refractivity (Wildman–Crippen MR) is 242 cm³/mol. The fourth-order valence-corrected chi connectivity index (χ4v) is 9.68. The molecule has 12 rings (SSSR count). The highest BCUT2D eigenvalue weighted by molar-refractivity contribution is 6.13. The van der Waals surface area contributed by atoms with E-state index in [0.717, 1.165) is 39.1 Å². The summed E-state index contributed by atoms with van der Waals surface area (Å²) in [5.74, 6) is 1.89. The lowest BCUT2D eigenvalue weighted by molar-refractivity contribution is 0.664. The zero-order valence-corrected chi connectivity index (χ0v) is 32.6. The van der Waals surface area contributed by atoms with Crippen molar-refractivity contribution in [3.05, 3.63) is 199 Å². The number of fused-ring (bicyclic) bond motifs is 10. The largest absolute Gasteiger partial charge is 0.309 e. The Morgan fingerprint density at radius 2 is 0.898 bits per heavy atom. The van der Waals surface area contributed by atoms with Gasteiger partial charge in [-0.3, -0.25) is 0 Å². The van der Waals surface area contributed by atoms with Gasteiger partial charge in [-0.2, -0.15) is 0 Å². The van der Waals surface area contributed by atoms with E-state index in [1.54, 1.807) is 0 Å². The highest BCUT2D eigenvalue weighted by Crippen LogP contribution is 2.53. The van der Waals surface area contributed by atoms with Crippen LogP contribution in [0.3, 0.4) is 0 Å². The molecule has 1 aliphatic rings. The predicted octanol–water partition coefficient (Wildman–Crippen LogP) is 13.4. The van der Waals surface area contributed by atoms with Crippen LogP contribution in [-0.2, 0) is 5.41 Å². The number of hydrogen-bond acceptors (Lipinski definition) is 3. The van der Waals surface area contributed by atoms with Crippen LogP contribution in [0.4, 0.5) is 0 Å². The van der Waals surface area contributed by atoms with E-state index in [1.807, 2.05) is 18.2 Å². The maximum atomic E-state index is 5.19. The molecule has 0 saturated carbocycles. The number of aromatic nitrogens is 5. The van der Waals surface area contributed by atoms with Gasteiger partial charge in [0.1, 0.15) is 0 Å². The molecule has 5 nitrogen and oxygen atoms in total. The lowest BCUT2D eigenvalue weighted by atomic mass is 9.81. The molecule has 1 aliphatic carbocycles. The molecule has 278 valence electrons. The van der Waals surface area contributed by atoms with Gasteiger partial charge in [0.2, 0.25) is 0 Å². The molecule has 59 heavy (non-hydrogen) atoms. The van der Waals surface area contributed by atoms with Crippen molar-refractivity contribution in [1.29, 1.82) is 0 Å². The molecule has 8 aromatic carbocycles. The van der Waals surface area contributed by atoms with Crippen molar-refractivity contribution in [2.24, 2.45) is 0 Å². The average Bonchev–Trinajstić information content (AvgIpc) is 3.90. The molecule has 0 aliphatic heterocycles. The second-order valence-electron chi connectivity index (χ2n) is 16.0. The van der Waals surface area contributed by atoms with Crippen molar-refractivity contribution >= 4 is 43.6 Å². The standard InChI is InChI=1S/C54H37N5/c1-54(2)45-23-10-6-19-39(45)43-31-32-44-42-22-9-13-26-48(42)59(50(44)49(43)54)37-29-27-35(28-30-37)52-55-51(34-15-4-3-5-16-34)56-53(57-52)36-17-14-18-38(33-36)58-46-24-11-7-20-40(46)41-21-8-12-25-47(41)58/h3-33H,1-2H3. The molecule has 0 unspecified atom stereocenters. The van der Waals surface area contributed by atoms with E-state index in [-0.39, 0.29) is 5.41 Å². The second kappa shape index (κ2) is 12.7. The molecule has 5 heteroatoms. The Bertz CT molecular complexity index is 3410. The van der Waals surface area contributed by atoms with Gasteiger partial charge in [0.25, 0.3) is 0 Å². The lowest BCUT2D eigenvalue weighted by Gasteiger charge is -2.23. The van der Waals surface area contributed by atoms with Crippen molar-refractivity contribution in [2.45, 2.75) is 19.3 Å². The average molecular weight is 756 g/mol. The van der Waals surface area contributed by atoms with Crippen LogP contribution in [0.1, 0.15) is 25.0 Å². The van der Waals surface area contributed by atoms with E-state index >= 15 is 0 Å². The van der Waals surface area contributed by atoms with E-state index in [9.17, 15) is 0 Å². The summed E-state index contributed by atoms with van der Waals surface area (Å²) in [6.45, 7) is 4.73. The molecule has 3 aromatic heterocycles. The Morgan fingerprint density at radius 3 is 1.58 bits per heavy atom. The Morgan fingerprint density at radius 1 is 0.373 bits per heavy atom. The summed E-state index contributed by atoms with van der Waals surface area (Å²) in [7, 11) is 0. The summed E-state index contributed by atoms with van der Waals surface area (Å²) in [6, 6.07) is 66.9. The highest BCUT2D eigenvalue weighted by Gasteiger charge is 2.38. The van der Waals surface area contributed by atoms with Crippen LogP contribution in [0, 0.1) is 0 Å². The summed E-state index contributed by atoms with van der Waals surface area (Å²) in [5, 5.41) is 4.97. The summed E-state index contributed by atoms with van der Waals surface area (Å²) >= 11 is 0. The molecule has 11 aromatic rings. The monoisotopic (exact) mass is 755 g/mol. The summed E-state index contributed by atoms with van der Waals surface area (Å²) in [6.07, 6.45) is 0. The van der Waals surface area contributed by atoms with Gasteiger partial charge in [0.15, 0.2) is 17.5 Å². The van der Waals surface area contributed by atoms with Crippen LogP contribution in [-0.4, -0.2) is 24.1 Å². The maximum absolute atomic E-state index is 5.19. The van der Waals surface area contributed by atoms with Gasteiger partial charge >= 0.3 is 0 Å². The van der Waals surface area contributed by atoms with Gasteiger partial charge in [-0.1, -0.05) is 147 Å². The Kier molecular flexibility index (Phi) is 7.20. The zero-order valence-electron chi connectivity index (χ0n) is 32.6. The van der Waals surface area contributed by atoms with E-state index in [0.29, 0.717) is 17.5 Å². The molecule has 0 amide bonds. The highest BCUT2D eigenvalue weighted by atomic mass is 15.0. The number of nitrogens with zero attached hydrogens (tertiary/aromatic N) is 5. The molecular formula is C54H37N5. The van der Waals surface area contributed by atoms with Crippen LogP contribution in [0.25, 0.3) is 100 Å². The van der Waals surface area contributed by atoms with Gasteiger partial charge < -0.3 is 9.13 Å². The van der Waals surface area contributed by atoms with Crippen molar-refractivity contribution in [3.63, 3.8) is 0 Å². The topological polar surface area (TPSA) is 48.5 Å². The minimum absolute atomic E-state index is 0.161. The Hall–Kier alpha value is -7.63. The lowest BCUT2D eigenvalue weighted by Crippen LogP contribution is -2.16. The van der Waals surface area contributed by atoms with Crippen LogP contribution in [0.5, 0.6) is 0 Å². The molecular weight excluding hydrogens is 719 g/mol. The van der Waals surface area contributed by atoms with Crippen molar-refractivity contribution < 1.29 is 0 Å². The van der Waals surface area contributed by atoms with E-state index in [2.05, 4.69) is 193 Å². The summed E-state index contributed by atoms with van der Waals surface area (Å²) < 4.78 is 4.78. The van der Waals surface area contributed by atoms with Crippen molar-refractivity contribution in [1.82, 2.24) is 24.1 Å². The molecule has 0 fully saturated rings. The molecule has 0 atom stereocenters. The summed E-state index contributed by atoms with van der Waals surface area (Å²) in [5.41, 5.74) is 14.9. The number of hydrogen-bond donors (Lipinski definition) is 0. The fourth-order valence-electron chi connectivity index (χ4n) is 9.68. The zero-order chi connectivity index (χ0) is 39.2. The third-order valence-corrected chi connectivity index (χ3v) is 12.3. The minimum Gasteiger partial charge on any atom is -0.309 e. The van der Waals surface area contributed by atoms with E-state index in [4.69, 9.17) is 15.0 Å². The number of benzene rings is 8. The SMILES string of the molecule is CC1(C)c2ccccc2-c2ccc3c4ccccc4n(-c4ccc(-c5nc(-c6ccccc6)nc(-c6cccc(-n7c8ccccc8c8ccccc87)c6)n5)cc4)c3c21. The van der Waals surface area contributed by atoms with Crippen LogP contribution >= 0.6 is 0 Å². The van der Waals surface area contributed by atoms with E-state index in [1.165, 1.54) is 54.8 Å². The van der Waals surface area contributed by atoms with Gasteiger partial charge in [0, 0.05) is 55.0 Å². The van der Waals surface area contributed by atoms with Crippen LogP contribution in [0.15, 0.2) is 188 Å². The van der Waals surface area contributed by atoms with E-state index < -0.39 is 0 Å². The first-order valence-electron chi connectivity index (χ1n) is 20.2. The first kappa shape index (κ1) is 33.5. The summed E-state index contributed by atoms with van der Waals surface area (Å²) in [4.78, 5) is 15.4. The Labute approximate surface area is 341 Å². The minimum atomic E-state index is -0.161. The third kappa shape index (κ3) is 5.01. The fraction of sp³-hybridized carbons (Fsp3) is 0.0556. The number of para-hydroxylation sites is 3. The maximum Gasteiger partial charge on any atom is 0.164 e. The van der Waals surface area contributed by atoms with Crippen LogP contribution in [0.2, 0.25) is 0 Å².